The number of rotatable bonds is 4. The zero-order valence-corrected chi connectivity index (χ0v) is 15.7. The highest BCUT2D eigenvalue weighted by Gasteiger charge is 2.30. The Labute approximate surface area is 169 Å². The van der Waals surface area contributed by atoms with E-state index in [4.69, 9.17) is 0 Å². The number of aromatic nitrogens is 4. The number of aryl methyl sites for hydroxylation is 1. The molecule has 2 aromatic heterocycles. The molecule has 0 aliphatic heterocycles. The van der Waals surface area contributed by atoms with E-state index in [1.807, 2.05) is 6.92 Å². The lowest BCUT2D eigenvalue weighted by atomic mass is 10.1. The summed E-state index contributed by atoms with van der Waals surface area (Å²) in [6.45, 7) is 1.81. The number of anilines is 2. The van der Waals surface area contributed by atoms with Crippen LogP contribution in [0.4, 0.5) is 29.2 Å². The standard InChI is InChI=1S/C21H15F4N5/c1-13-11-30(12-27-13)19-7-6-16(10-17(19)22)28-20-26-9-8-18(29-20)14-2-4-15(5-3-14)21(23,24)25/h2-12H,1H3,(H,26,28,29). The van der Waals surface area contributed by atoms with Crippen molar-refractivity contribution in [1.29, 1.82) is 0 Å². The van der Waals surface area contributed by atoms with Crippen LogP contribution in [0.15, 0.2) is 67.3 Å². The highest BCUT2D eigenvalue weighted by atomic mass is 19.4. The number of hydrogen-bond acceptors (Lipinski definition) is 4. The lowest BCUT2D eigenvalue weighted by molar-refractivity contribution is -0.137. The van der Waals surface area contributed by atoms with Crippen molar-refractivity contribution >= 4 is 11.6 Å². The number of halogens is 4. The van der Waals surface area contributed by atoms with E-state index in [0.717, 1.165) is 17.8 Å². The maximum absolute atomic E-state index is 14.5. The van der Waals surface area contributed by atoms with E-state index < -0.39 is 17.6 Å². The Balaban J connectivity index is 1.55. The van der Waals surface area contributed by atoms with E-state index in [1.54, 1.807) is 29.0 Å². The first kappa shape index (κ1) is 19.6. The summed E-state index contributed by atoms with van der Waals surface area (Å²) < 4.78 is 54.3. The van der Waals surface area contributed by atoms with E-state index in [0.29, 0.717) is 22.6 Å². The molecule has 0 saturated heterocycles. The van der Waals surface area contributed by atoms with Crippen LogP contribution < -0.4 is 5.32 Å². The highest BCUT2D eigenvalue weighted by Crippen LogP contribution is 2.31. The molecule has 0 aliphatic carbocycles. The zero-order valence-electron chi connectivity index (χ0n) is 15.7. The van der Waals surface area contributed by atoms with Gasteiger partial charge in [-0.15, -0.1) is 0 Å². The molecule has 0 radical (unpaired) electrons. The van der Waals surface area contributed by atoms with Crippen LogP contribution >= 0.6 is 0 Å². The molecule has 2 aromatic carbocycles. The van der Waals surface area contributed by atoms with Gasteiger partial charge in [0.25, 0.3) is 0 Å². The van der Waals surface area contributed by atoms with E-state index in [9.17, 15) is 17.6 Å². The number of benzene rings is 2. The Morgan fingerprint density at radius 2 is 1.73 bits per heavy atom. The Kier molecular flexibility index (Phi) is 4.94. The average Bonchev–Trinajstić information content (AvgIpc) is 3.14. The molecule has 0 unspecified atom stereocenters. The van der Waals surface area contributed by atoms with Gasteiger partial charge in [-0.25, -0.2) is 19.3 Å². The topological polar surface area (TPSA) is 55.6 Å². The summed E-state index contributed by atoms with van der Waals surface area (Å²) in [5.41, 5.74) is 1.75. The van der Waals surface area contributed by atoms with Crippen molar-refractivity contribution in [1.82, 2.24) is 19.5 Å². The van der Waals surface area contributed by atoms with Crippen LogP contribution in [0.25, 0.3) is 16.9 Å². The van der Waals surface area contributed by atoms with Crippen molar-refractivity contribution in [3.63, 3.8) is 0 Å². The van der Waals surface area contributed by atoms with E-state index in [-0.39, 0.29) is 5.95 Å². The summed E-state index contributed by atoms with van der Waals surface area (Å²) in [4.78, 5) is 12.5. The van der Waals surface area contributed by atoms with Gasteiger partial charge in [0, 0.05) is 23.6 Å². The van der Waals surface area contributed by atoms with Gasteiger partial charge in [0.15, 0.2) is 0 Å². The Hall–Kier alpha value is -3.75. The third-order valence-corrected chi connectivity index (χ3v) is 4.36. The van der Waals surface area contributed by atoms with Crippen LogP contribution in [-0.4, -0.2) is 19.5 Å². The average molecular weight is 413 g/mol. The largest absolute Gasteiger partial charge is 0.416 e. The first-order chi connectivity index (χ1) is 14.3. The van der Waals surface area contributed by atoms with Gasteiger partial charge in [-0.1, -0.05) is 12.1 Å². The Morgan fingerprint density at radius 3 is 2.37 bits per heavy atom. The molecule has 0 amide bonds. The third-order valence-electron chi connectivity index (χ3n) is 4.36. The van der Waals surface area contributed by atoms with Crippen LogP contribution in [-0.2, 0) is 6.18 Å². The van der Waals surface area contributed by atoms with Crippen LogP contribution in [0.3, 0.4) is 0 Å². The van der Waals surface area contributed by atoms with Gasteiger partial charge in [0.05, 0.1) is 29.0 Å². The molecule has 5 nitrogen and oxygen atoms in total. The molecule has 2 heterocycles. The lowest BCUT2D eigenvalue weighted by Gasteiger charge is -2.10. The normalized spacial score (nSPS) is 11.5. The van der Waals surface area contributed by atoms with Gasteiger partial charge in [-0.3, -0.25) is 0 Å². The van der Waals surface area contributed by atoms with Crippen molar-refractivity contribution in [2.24, 2.45) is 0 Å². The predicted octanol–water partition coefficient (Wildman–Crippen LogP) is 5.54. The van der Waals surface area contributed by atoms with Crippen molar-refractivity contribution in [2.45, 2.75) is 13.1 Å². The predicted molar refractivity (Wildman–Crippen MR) is 104 cm³/mol. The third kappa shape index (κ3) is 4.14. The summed E-state index contributed by atoms with van der Waals surface area (Å²) in [7, 11) is 0. The number of nitrogens with zero attached hydrogens (tertiary/aromatic N) is 4. The maximum atomic E-state index is 14.5. The molecule has 4 aromatic rings. The van der Waals surface area contributed by atoms with Gasteiger partial charge in [-0.05, 0) is 43.3 Å². The second kappa shape index (κ2) is 7.58. The molecule has 30 heavy (non-hydrogen) atoms. The second-order valence-electron chi connectivity index (χ2n) is 6.55. The monoisotopic (exact) mass is 413 g/mol. The van der Waals surface area contributed by atoms with Gasteiger partial charge in [0.2, 0.25) is 5.95 Å². The fourth-order valence-corrected chi connectivity index (χ4v) is 2.89. The highest BCUT2D eigenvalue weighted by molar-refractivity contribution is 5.63. The molecular formula is C21H15F4N5. The molecule has 0 spiro atoms. The number of imidazole rings is 1. The van der Waals surface area contributed by atoms with Crippen molar-refractivity contribution in [2.75, 3.05) is 5.32 Å². The SMILES string of the molecule is Cc1cn(-c2ccc(Nc3nccc(-c4ccc(C(F)(F)F)cc4)n3)cc2F)cn1. The quantitative estimate of drug-likeness (QED) is 0.447. The Bertz CT molecular complexity index is 1180. The fourth-order valence-electron chi connectivity index (χ4n) is 2.89. The molecular weight excluding hydrogens is 398 g/mol. The van der Waals surface area contributed by atoms with Crippen molar-refractivity contribution in [3.05, 3.63) is 84.3 Å². The Morgan fingerprint density at radius 1 is 0.967 bits per heavy atom. The summed E-state index contributed by atoms with van der Waals surface area (Å²) in [6, 6.07) is 10.8. The minimum atomic E-state index is -4.40. The molecule has 0 bridgehead atoms. The number of hydrogen-bond donors (Lipinski definition) is 1. The van der Waals surface area contributed by atoms with E-state index in [1.165, 1.54) is 30.7 Å². The maximum Gasteiger partial charge on any atom is 0.416 e. The molecule has 0 aliphatic rings. The first-order valence-electron chi connectivity index (χ1n) is 8.88. The van der Waals surface area contributed by atoms with Crippen LogP contribution in [0.1, 0.15) is 11.3 Å². The fraction of sp³-hybridized carbons (Fsp3) is 0.0952. The van der Waals surface area contributed by atoms with Gasteiger partial charge in [0.1, 0.15) is 5.82 Å². The van der Waals surface area contributed by atoms with Crippen molar-refractivity contribution < 1.29 is 17.6 Å². The smallest absolute Gasteiger partial charge is 0.324 e. The molecule has 1 N–H and O–H groups in total. The summed E-state index contributed by atoms with van der Waals surface area (Å²) in [6.07, 6.45) is 0.309. The van der Waals surface area contributed by atoms with Crippen LogP contribution in [0, 0.1) is 12.7 Å². The molecule has 152 valence electrons. The lowest BCUT2D eigenvalue weighted by Crippen LogP contribution is -2.04. The van der Waals surface area contributed by atoms with E-state index >= 15 is 0 Å². The molecule has 0 atom stereocenters. The van der Waals surface area contributed by atoms with Crippen LogP contribution in [0.2, 0.25) is 0 Å². The molecule has 9 heteroatoms. The zero-order chi connectivity index (χ0) is 21.3. The summed E-state index contributed by atoms with van der Waals surface area (Å²) in [5.74, 6) is -0.269. The number of nitrogens with one attached hydrogen (secondary N) is 1. The van der Waals surface area contributed by atoms with Crippen LogP contribution in [0.5, 0.6) is 0 Å². The van der Waals surface area contributed by atoms with Gasteiger partial charge < -0.3 is 9.88 Å². The molecule has 0 fully saturated rings. The van der Waals surface area contributed by atoms with Gasteiger partial charge in [-0.2, -0.15) is 13.2 Å². The van der Waals surface area contributed by atoms with Gasteiger partial charge >= 0.3 is 6.18 Å². The summed E-state index contributed by atoms with van der Waals surface area (Å²) in [5, 5.41) is 2.91. The van der Waals surface area contributed by atoms with E-state index in [2.05, 4.69) is 20.3 Å². The minimum absolute atomic E-state index is 0.193. The molecule has 0 saturated carbocycles. The summed E-state index contributed by atoms with van der Waals surface area (Å²) >= 11 is 0. The second-order valence-corrected chi connectivity index (χ2v) is 6.55. The van der Waals surface area contributed by atoms with Crippen molar-refractivity contribution in [3.8, 4) is 16.9 Å². The number of alkyl halides is 3. The first-order valence-corrected chi connectivity index (χ1v) is 8.88. The molecule has 4 rings (SSSR count). The minimum Gasteiger partial charge on any atom is -0.324 e.